The first-order valence-corrected chi connectivity index (χ1v) is 13.1. The second kappa shape index (κ2) is 10.7. The molecule has 2 aromatic heterocycles. The number of hydrogen-bond donors (Lipinski definition) is 1. The summed E-state index contributed by atoms with van der Waals surface area (Å²) >= 11 is 0. The molecule has 0 aliphatic rings. The first-order valence-electron chi connectivity index (χ1n) is 11.2. The van der Waals surface area contributed by atoms with Crippen molar-refractivity contribution in [2.45, 2.75) is 44.4 Å². The second-order valence-electron chi connectivity index (χ2n) is 8.77. The number of amides is 1. The lowest BCUT2D eigenvalue weighted by atomic mass is 9.98. The van der Waals surface area contributed by atoms with E-state index in [2.05, 4.69) is 9.68 Å². The highest BCUT2D eigenvalue weighted by molar-refractivity contribution is 7.93. The molecule has 3 aromatic rings. The highest BCUT2D eigenvalue weighted by Crippen LogP contribution is 2.32. The lowest BCUT2D eigenvalue weighted by Crippen LogP contribution is -2.38. The molecule has 0 saturated carbocycles. The van der Waals surface area contributed by atoms with E-state index in [0.29, 0.717) is 10.4 Å². The monoisotopic (exact) mass is 547 g/mol. The van der Waals surface area contributed by atoms with Crippen LogP contribution < -0.4 is 15.5 Å². The number of rotatable bonds is 6. The van der Waals surface area contributed by atoms with E-state index in [-0.39, 0.29) is 39.9 Å². The Balaban J connectivity index is 2.01. The summed E-state index contributed by atoms with van der Waals surface area (Å²) in [4.78, 5) is 26.4. The number of halogens is 3. The molecule has 0 bridgehead atoms. The molecule has 1 aromatic carbocycles. The van der Waals surface area contributed by atoms with Gasteiger partial charge in [-0.25, -0.2) is 4.21 Å². The number of hydrogen-bond acceptors (Lipinski definition) is 6. The molecule has 1 unspecified atom stereocenters. The second-order valence-corrected chi connectivity index (χ2v) is 11.0. The Bertz CT molecular complexity index is 1630. The maximum atomic E-state index is 13.4. The lowest BCUT2D eigenvalue weighted by Gasteiger charge is -2.20. The largest absolute Gasteiger partial charge is 0.618 e. The van der Waals surface area contributed by atoms with E-state index in [9.17, 15) is 32.2 Å². The Morgan fingerprint density at radius 3 is 2.55 bits per heavy atom. The van der Waals surface area contributed by atoms with Gasteiger partial charge in [0, 0.05) is 35.8 Å². The zero-order valence-corrected chi connectivity index (χ0v) is 21.7. The minimum Gasteiger partial charge on any atom is -0.618 e. The predicted molar refractivity (Wildman–Crippen MR) is 133 cm³/mol. The first-order chi connectivity index (χ1) is 17.7. The molecule has 38 heavy (non-hydrogen) atoms. The van der Waals surface area contributed by atoms with Crippen molar-refractivity contribution >= 4 is 15.6 Å². The normalized spacial score (nSPS) is 13.0. The third kappa shape index (κ3) is 5.86. The van der Waals surface area contributed by atoms with Crippen LogP contribution in [0.2, 0.25) is 0 Å². The molecule has 0 fully saturated rings. The van der Waals surface area contributed by atoms with Crippen LogP contribution in [0.25, 0.3) is 11.1 Å². The highest BCUT2D eigenvalue weighted by atomic mass is 32.2. The molecular formula is C25H24F3N5O4S. The Kier molecular flexibility index (Phi) is 7.97. The minimum absolute atomic E-state index is 0.0188. The molecule has 2 heterocycles. The van der Waals surface area contributed by atoms with E-state index in [1.807, 2.05) is 0 Å². The van der Waals surface area contributed by atoms with Crippen molar-refractivity contribution in [2.75, 3.05) is 6.26 Å². The van der Waals surface area contributed by atoms with Gasteiger partial charge in [-0.05, 0) is 44.5 Å². The van der Waals surface area contributed by atoms with Gasteiger partial charge in [-0.3, -0.25) is 9.59 Å². The summed E-state index contributed by atoms with van der Waals surface area (Å²) in [5.41, 5.74) is -1.59. The number of carbonyl (C=O) groups is 1. The lowest BCUT2D eigenvalue weighted by molar-refractivity contribution is -0.616. The number of nitrogens with one attached hydrogen (secondary N) is 1. The van der Waals surface area contributed by atoms with E-state index in [0.717, 1.165) is 18.3 Å². The van der Waals surface area contributed by atoms with Crippen LogP contribution >= 0.6 is 0 Å². The Morgan fingerprint density at radius 2 is 1.97 bits per heavy atom. The number of carbonyl (C=O) groups excluding carboxylic acids is 1. The fourth-order valence-electron chi connectivity index (χ4n) is 3.86. The van der Waals surface area contributed by atoms with Crippen molar-refractivity contribution < 1.29 is 26.9 Å². The van der Waals surface area contributed by atoms with Crippen molar-refractivity contribution in [2.24, 2.45) is 4.36 Å². The van der Waals surface area contributed by atoms with Crippen molar-refractivity contribution in [1.29, 1.82) is 5.26 Å². The van der Waals surface area contributed by atoms with Gasteiger partial charge in [0.15, 0.2) is 6.20 Å². The van der Waals surface area contributed by atoms with Crippen LogP contribution in [0, 0.1) is 23.6 Å². The molecule has 0 radical (unpaired) electrons. The third-order valence-corrected chi connectivity index (χ3v) is 7.36. The third-order valence-electron chi connectivity index (χ3n) is 5.82. The Morgan fingerprint density at radius 1 is 1.29 bits per heavy atom. The van der Waals surface area contributed by atoms with E-state index in [1.165, 1.54) is 42.9 Å². The fraction of sp³-hybridized carbons (Fsp3) is 0.280. The molecule has 0 saturated heterocycles. The summed E-state index contributed by atoms with van der Waals surface area (Å²) in [6, 6.07) is 6.73. The summed E-state index contributed by atoms with van der Waals surface area (Å²) in [6.07, 6.45) is 0.336. The molecule has 0 aliphatic carbocycles. The van der Waals surface area contributed by atoms with Gasteiger partial charge < -0.3 is 15.1 Å². The molecule has 3 rings (SSSR count). The Hall–Kier alpha value is -4.18. The zero-order chi connectivity index (χ0) is 28.4. The van der Waals surface area contributed by atoms with Crippen molar-refractivity contribution in [1.82, 2.24) is 9.88 Å². The van der Waals surface area contributed by atoms with Gasteiger partial charge in [0.1, 0.15) is 17.0 Å². The number of nitrogens with zero attached hydrogens (tertiary/aromatic N) is 4. The average Bonchev–Trinajstić information content (AvgIpc) is 2.82. The van der Waals surface area contributed by atoms with Crippen molar-refractivity contribution in [3.63, 3.8) is 0 Å². The summed E-state index contributed by atoms with van der Waals surface area (Å²) in [5, 5.41) is 23.6. The predicted octanol–water partition coefficient (Wildman–Crippen LogP) is 3.92. The maximum absolute atomic E-state index is 13.4. The molecule has 9 nitrogen and oxygen atoms in total. The van der Waals surface area contributed by atoms with E-state index in [1.54, 1.807) is 25.3 Å². The number of pyridine rings is 2. The molecule has 200 valence electrons. The standard InChI is InChI=1S/C25H24F3N5O4S/c1-15(2)32-13-21(23(34)22(16(32)3)17-6-5-7-18(10-17)25(26,27)28)24(35)30-11-19-8-9-20(12-33(19)36)38(4,37)31-14-29/h5-10,12-13,15H,11H2,1-4H3,(H,30,35). The van der Waals surface area contributed by atoms with Gasteiger partial charge >= 0.3 is 6.18 Å². The summed E-state index contributed by atoms with van der Waals surface area (Å²) in [7, 11) is -3.10. The van der Waals surface area contributed by atoms with Gasteiger partial charge in [-0.1, -0.05) is 12.1 Å². The topological polar surface area (TPSA) is 131 Å². The maximum Gasteiger partial charge on any atom is 0.416 e. The number of aromatic nitrogens is 2. The van der Waals surface area contributed by atoms with Crippen LogP contribution in [-0.4, -0.2) is 20.9 Å². The van der Waals surface area contributed by atoms with Gasteiger partial charge in [0.25, 0.3) is 5.91 Å². The summed E-state index contributed by atoms with van der Waals surface area (Å²) in [5.74, 6) is -0.833. The first kappa shape index (κ1) is 28.4. The quantitative estimate of drug-likeness (QED) is 0.284. The summed E-state index contributed by atoms with van der Waals surface area (Å²) < 4.78 is 57.6. The molecule has 0 spiro atoms. The summed E-state index contributed by atoms with van der Waals surface area (Å²) in [6.45, 7) is 4.87. The minimum atomic E-state index is -4.62. The SMILES string of the molecule is Cc1c(-c2cccc(C(F)(F)F)c2)c(=O)c(C(=O)NCc2ccc(S(C)(=O)=NC#N)c[n+]2[O-])cn1C(C)C. The Labute approximate surface area is 216 Å². The molecule has 1 atom stereocenters. The van der Waals surface area contributed by atoms with E-state index < -0.39 is 32.8 Å². The molecular weight excluding hydrogens is 523 g/mol. The van der Waals surface area contributed by atoms with Crippen LogP contribution in [0.1, 0.15) is 47.2 Å². The van der Waals surface area contributed by atoms with Crippen LogP contribution in [0.4, 0.5) is 13.2 Å². The van der Waals surface area contributed by atoms with Crippen molar-refractivity contribution in [3.8, 4) is 17.3 Å². The fourth-order valence-corrected chi connectivity index (χ4v) is 4.74. The van der Waals surface area contributed by atoms with Gasteiger partial charge in [-0.2, -0.15) is 23.2 Å². The van der Waals surface area contributed by atoms with Crippen molar-refractivity contribution in [3.05, 3.63) is 86.7 Å². The number of nitriles is 1. The van der Waals surface area contributed by atoms with Crippen LogP contribution in [0.15, 0.2) is 62.8 Å². The van der Waals surface area contributed by atoms with Crippen LogP contribution in [-0.2, 0) is 22.5 Å². The zero-order valence-electron chi connectivity index (χ0n) is 20.9. The molecule has 0 aliphatic heterocycles. The smallest absolute Gasteiger partial charge is 0.416 e. The highest BCUT2D eigenvalue weighted by Gasteiger charge is 2.31. The van der Waals surface area contributed by atoms with E-state index >= 15 is 0 Å². The van der Waals surface area contributed by atoms with Crippen LogP contribution in [0.3, 0.4) is 0 Å². The average molecular weight is 548 g/mol. The molecule has 1 amide bonds. The van der Waals surface area contributed by atoms with Gasteiger partial charge in [-0.15, -0.1) is 4.36 Å². The van der Waals surface area contributed by atoms with Gasteiger partial charge in [0.05, 0.1) is 15.3 Å². The van der Waals surface area contributed by atoms with E-state index in [4.69, 9.17) is 5.26 Å². The molecule has 1 N–H and O–H groups in total. The number of alkyl halides is 3. The van der Waals surface area contributed by atoms with Gasteiger partial charge in [0.2, 0.25) is 17.3 Å². The van der Waals surface area contributed by atoms with Crippen LogP contribution in [0.5, 0.6) is 0 Å². The molecule has 13 heteroatoms. The number of benzene rings is 1.